The summed E-state index contributed by atoms with van der Waals surface area (Å²) in [5.74, 6) is -0.395. The second-order valence-electron chi connectivity index (χ2n) is 7.66. The zero-order chi connectivity index (χ0) is 21.4. The lowest BCUT2D eigenvalue weighted by Crippen LogP contribution is -2.30. The van der Waals surface area contributed by atoms with E-state index in [0.29, 0.717) is 6.61 Å². The first-order valence-corrected chi connectivity index (χ1v) is 12.6. The van der Waals surface area contributed by atoms with Crippen LogP contribution < -0.4 is 5.32 Å². The molecule has 1 heterocycles. The van der Waals surface area contributed by atoms with E-state index in [4.69, 9.17) is 18.8 Å². The Labute approximate surface area is 175 Å². The zero-order valence-electron chi connectivity index (χ0n) is 17.8. The predicted molar refractivity (Wildman–Crippen MR) is 111 cm³/mol. The molecule has 1 rings (SSSR count). The summed E-state index contributed by atoms with van der Waals surface area (Å²) in [6, 6.07) is 0. The first kappa shape index (κ1) is 26.1. The van der Waals surface area contributed by atoms with Gasteiger partial charge in [0.1, 0.15) is 12.7 Å². The highest BCUT2D eigenvalue weighted by atomic mass is 32.2. The van der Waals surface area contributed by atoms with Crippen molar-refractivity contribution in [2.75, 3.05) is 25.5 Å². The maximum atomic E-state index is 11.5. The Kier molecular flexibility index (Phi) is 14.3. The maximum Gasteiger partial charge on any atom is 0.407 e. The fourth-order valence-corrected chi connectivity index (χ4v) is 3.72. The quantitative estimate of drug-likeness (QED) is 0.261. The molecule has 29 heavy (non-hydrogen) atoms. The van der Waals surface area contributed by atoms with Gasteiger partial charge in [0.15, 0.2) is 6.29 Å². The molecule has 2 N–H and O–H groups in total. The van der Waals surface area contributed by atoms with Crippen molar-refractivity contribution in [2.24, 2.45) is 0 Å². The van der Waals surface area contributed by atoms with Gasteiger partial charge in [-0.2, -0.15) is 8.42 Å². The second kappa shape index (κ2) is 15.9. The molecule has 1 aliphatic rings. The normalized spacial score (nSPS) is 19.4. The van der Waals surface area contributed by atoms with Gasteiger partial charge >= 0.3 is 6.09 Å². The van der Waals surface area contributed by atoms with Crippen LogP contribution in [0.15, 0.2) is 0 Å². The molecular weight excluding hydrogens is 398 g/mol. The molecule has 0 spiro atoms. The first-order chi connectivity index (χ1) is 13.9. The number of nitrogens with one attached hydrogen (secondary N) is 1. The van der Waals surface area contributed by atoms with Gasteiger partial charge in [0.05, 0.1) is 12.4 Å². The van der Waals surface area contributed by atoms with Gasteiger partial charge in [-0.25, -0.2) is 4.79 Å². The van der Waals surface area contributed by atoms with E-state index >= 15 is 0 Å². The molecule has 2 atom stereocenters. The summed E-state index contributed by atoms with van der Waals surface area (Å²) in [6.07, 6.45) is 12.7. The summed E-state index contributed by atoms with van der Waals surface area (Å²) in [4.78, 5) is 11.5. The topological polar surface area (TPSA) is 111 Å². The number of unbranched alkanes of at least 4 members (excludes halogenated alkanes) is 9. The highest BCUT2D eigenvalue weighted by Crippen LogP contribution is 2.19. The van der Waals surface area contributed by atoms with E-state index in [1.807, 2.05) is 0 Å². The fourth-order valence-electron chi connectivity index (χ4n) is 3.21. The smallest absolute Gasteiger partial charge is 0.407 e. The molecule has 1 fully saturated rings. The minimum absolute atomic E-state index is 0.0959. The van der Waals surface area contributed by atoms with Gasteiger partial charge < -0.3 is 19.5 Å². The summed E-state index contributed by atoms with van der Waals surface area (Å²) < 4.78 is 46.1. The molecule has 0 aromatic carbocycles. The highest BCUT2D eigenvalue weighted by Gasteiger charge is 2.26. The lowest BCUT2D eigenvalue weighted by Gasteiger charge is -2.12. The fraction of sp³-hybridized carbons (Fsp3) is 0.950. The number of rotatable bonds is 17. The van der Waals surface area contributed by atoms with Crippen LogP contribution in [0.1, 0.15) is 84.0 Å². The van der Waals surface area contributed by atoms with Crippen LogP contribution in [0.5, 0.6) is 0 Å². The molecule has 1 amide bonds. The third kappa shape index (κ3) is 15.6. The number of amides is 1. The number of alkyl carbamates (subject to hydrolysis) is 1. The van der Waals surface area contributed by atoms with Crippen LogP contribution in [0.25, 0.3) is 0 Å². The summed E-state index contributed by atoms with van der Waals surface area (Å²) in [7, 11) is -4.00. The molecule has 0 aliphatic carbocycles. The predicted octanol–water partition coefficient (Wildman–Crippen LogP) is 4.04. The average molecular weight is 438 g/mol. The van der Waals surface area contributed by atoms with Crippen LogP contribution >= 0.6 is 0 Å². The van der Waals surface area contributed by atoms with E-state index in [1.165, 1.54) is 57.8 Å². The molecular formula is C20H39NO7S. The van der Waals surface area contributed by atoms with E-state index in [2.05, 4.69) is 12.2 Å². The average Bonchev–Trinajstić information content (AvgIpc) is 3.12. The van der Waals surface area contributed by atoms with Gasteiger partial charge in [0.25, 0.3) is 10.1 Å². The largest absolute Gasteiger partial charge is 0.447 e. The molecule has 0 saturated carbocycles. The maximum absolute atomic E-state index is 11.5. The standard InChI is InChI=1S/C20H39NO7S/c1-2-3-4-5-6-7-8-9-10-11-13-19-26-16-18(28-19)17-27-20(22)21-14-12-15-29(23,24)25/h18-19H,2-17H2,1H3,(H,21,22)(H,23,24,25). The number of hydrogen-bond donors (Lipinski definition) is 2. The SMILES string of the molecule is CCCCCCCCCCCCC1OCC(COC(=O)NCCCS(=O)(=O)O)O1. The van der Waals surface area contributed by atoms with Crippen molar-refractivity contribution in [3.63, 3.8) is 0 Å². The zero-order valence-corrected chi connectivity index (χ0v) is 18.6. The molecule has 2 unspecified atom stereocenters. The third-order valence-corrected chi connectivity index (χ3v) is 5.66. The molecule has 0 aromatic rings. The van der Waals surface area contributed by atoms with Gasteiger partial charge in [-0.15, -0.1) is 0 Å². The molecule has 0 bridgehead atoms. The van der Waals surface area contributed by atoms with E-state index in [9.17, 15) is 13.2 Å². The van der Waals surface area contributed by atoms with Crippen LogP contribution in [0.3, 0.4) is 0 Å². The Balaban J connectivity index is 1.93. The molecule has 8 nitrogen and oxygen atoms in total. The van der Waals surface area contributed by atoms with Crippen LogP contribution in [0, 0.1) is 0 Å². The molecule has 0 radical (unpaired) electrons. The molecule has 9 heteroatoms. The van der Waals surface area contributed by atoms with Crippen molar-refractivity contribution >= 4 is 16.2 Å². The van der Waals surface area contributed by atoms with E-state index in [-0.39, 0.29) is 32.0 Å². The molecule has 1 aliphatic heterocycles. The Morgan fingerprint density at radius 3 is 2.28 bits per heavy atom. The minimum atomic E-state index is -4.00. The number of carbonyl (C=O) groups is 1. The minimum Gasteiger partial charge on any atom is -0.447 e. The van der Waals surface area contributed by atoms with Crippen LogP contribution in [0.4, 0.5) is 4.79 Å². The Morgan fingerprint density at radius 1 is 1.03 bits per heavy atom. The third-order valence-electron chi connectivity index (χ3n) is 4.85. The van der Waals surface area contributed by atoms with Crippen molar-refractivity contribution in [3.05, 3.63) is 0 Å². The molecule has 0 aromatic heterocycles. The van der Waals surface area contributed by atoms with Crippen molar-refractivity contribution in [3.8, 4) is 0 Å². The number of carbonyl (C=O) groups excluding carboxylic acids is 1. The number of hydrogen-bond acceptors (Lipinski definition) is 6. The van der Waals surface area contributed by atoms with Crippen LogP contribution in [-0.2, 0) is 24.3 Å². The molecule has 1 saturated heterocycles. The van der Waals surface area contributed by atoms with Crippen LogP contribution in [0.2, 0.25) is 0 Å². The van der Waals surface area contributed by atoms with E-state index in [0.717, 1.165) is 12.8 Å². The van der Waals surface area contributed by atoms with Crippen molar-refractivity contribution in [2.45, 2.75) is 96.4 Å². The summed E-state index contributed by atoms with van der Waals surface area (Å²) in [5.41, 5.74) is 0. The lowest BCUT2D eigenvalue weighted by atomic mass is 10.1. The van der Waals surface area contributed by atoms with E-state index in [1.54, 1.807) is 0 Å². The monoisotopic (exact) mass is 437 g/mol. The summed E-state index contributed by atoms with van der Waals surface area (Å²) >= 11 is 0. The van der Waals surface area contributed by atoms with Gasteiger partial charge in [0, 0.05) is 6.54 Å². The summed E-state index contributed by atoms with van der Waals surface area (Å²) in [6.45, 7) is 2.85. The van der Waals surface area contributed by atoms with Gasteiger partial charge in [-0.3, -0.25) is 4.55 Å². The van der Waals surface area contributed by atoms with Crippen molar-refractivity contribution in [1.82, 2.24) is 5.32 Å². The van der Waals surface area contributed by atoms with Crippen molar-refractivity contribution < 1.29 is 32.0 Å². The highest BCUT2D eigenvalue weighted by molar-refractivity contribution is 7.85. The van der Waals surface area contributed by atoms with Crippen LogP contribution in [-0.4, -0.2) is 57.0 Å². The van der Waals surface area contributed by atoms with Gasteiger partial charge in [-0.1, -0.05) is 64.7 Å². The lowest BCUT2D eigenvalue weighted by molar-refractivity contribution is -0.0709. The Hall–Kier alpha value is -0.900. The second-order valence-corrected chi connectivity index (χ2v) is 9.23. The van der Waals surface area contributed by atoms with E-state index < -0.39 is 22.0 Å². The van der Waals surface area contributed by atoms with Gasteiger partial charge in [-0.05, 0) is 19.3 Å². The summed E-state index contributed by atoms with van der Waals surface area (Å²) in [5, 5.41) is 2.43. The molecule has 172 valence electrons. The Bertz CT molecular complexity index is 527. The van der Waals surface area contributed by atoms with Crippen molar-refractivity contribution in [1.29, 1.82) is 0 Å². The Morgan fingerprint density at radius 2 is 1.66 bits per heavy atom. The van der Waals surface area contributed by atoms with Gasteiger partial charge in [0.2, 0.25) is 0 Å². The first-order valence-electron chi connectivity index (χ1n) is 11.0. The number of ether oxygens (including phenoxy) is 3.